The van der Waals surface area contributed by atoms with Crippen molar-refractivity contribution in [1.82, 2.24) is 9.13 Å². The number of hydrogen-bond acceptors (Lipinski definition) is 3. The second-order valence-electron chi connectivity index (χ2n) is 6.51. The predicted molar refractivity (Wildman–Crippen MR) is 110 cm³/mol. The molecule has 2 aromatic heterocycles. The number of thiazole rings is 1. The largest absolute Gasteiger partial charge is 0.465 e. The molecule has 0 bridgehead atoms. The molecule has 1 amide bonds. The van der Waals surface area contributed by atoms with E-state index in [4.69, 9.17) is 5.73 Å². The lowest BCUT2D eigenvalue weighted by Gasteiger charge is -2.04. The molecule has 2 heterocycles. The van der Waals surface area contributed by atoms with Crippen LogP contribution in [0, 0.1) is 0 Å². The fourth-order valence-corrected chi connectivity index (χ4v) is 4.02. The highest BCUT2D eigenvalue weighted by molar-refractivity contribution is 7.06. The van der Waals surface area contributed by atoms with E-state index < -0.39 is 11.9 Å². The Hall–Kier alpha value is -3.41. The van der Waals surface area contributed by atoms with Gasteiger partial charge in [-0.2, -0.15) is 4.57 Å². The lowest BCUT2D eigenvalue weighted by Crippen LogP contribution is -2.29. The Morgan fingerprint density at radius 2 is 1.86 bits per heavy atom. The number of para-hydroxylation sites is 1. The molecule has 140 valence electrons. The minimum Gasteiger partial charge on any atom is -0.366 e. The highest BCUT2D eigenvalue weighted by Crippen LogP contribution is 2.38. The van der Waals surface area contributed by atoms with Crippen molar-refractivity contribution in [3.05, 3.63) is 71.0 Å². The number of nitrogens with zero attached hydrogens (tertiary/aromatic N) is 4. The summed E-state index contributed by atoms with van der Waals surface area (Å²) < 4.78 is 3.87. The van der Waals surface area contributed by atoms with Crippen molar-refractivity contribution in [1.29, 1.82) is 0 Å². The number of hydrogen-bond donors (Lipinski definition) is 1. The third kappa shape index (κ3) is 3.07. The van der Waals surface area contributed by atoms with E-state index in [1.807, 2.05) is 48.8 Å². The summed E-state index contributed by atoms with van der Waals surface area (Å²) in [4.78, 5) is 16.7. The van der Waals surface area contributed by atoms with E-state index in [0.717, 1.165) is 27.8 Å². The Morgan fingerprint density at radius 3 is 2.61 bits per heavy atom. The standard InChI is InChI=1S/C21H19N5OS/c1-14(20(22)27)26-12-13-28-21(26)24-23-18-16-10-6-7-11-17(16)25(2)19(18)15-8-4-3-5-9-15/h3-14H,1-2H3,(H-,22,27)/p+1. The Bertz CT molecular complexity index is 1260. The third-order valence-corrected chi connectivity index (χ3v) is 5.57. The Labute approximate surface area is 165 Å². The van der Waals surface area contributed by atoms with Gasteiger partial charge in [0.15, 0.2) is 11.7 Å². The fourth-order valence-electron chi connectivity index (χ4n) is 3.28. The molecule has 0 aliphatic heterocycles. The van der Waals surface area contributed by atoms with E-state index >= 15 is 0 Å². The topological polar surface area (TPSA) is 79.4 Å². The molecule has 2 aromatic carbocycles. The van der Waals surface area contributed by atoms with Gasteiger partial charge in [-0.25, -0.2) is 0 Å². The van der Waals surface area contributed by atoms with Gasteiger partial charge in [-0.3, -0.25) is 4.79 Å². The third-order valence-electron chi connectivity index (χ3n) is 4.81. The van der Waals surface area contributed by atoms with Gasteiger partial charge < -0.3 is 10.3 Å². The van der Waals surface area contributed by atoms with Crippen molar-refractivity contribution in [2.24, 2.45) is 17.9 Å². The highest BCUT2D eigenvalue weighted by Gasteiger charge is 2.20. The number of aryl methyl sites for hydroxylation is 1. The van der Waals surface area contributed by atoms with Gasteiger partial charge in [0, 0.05) is 28.5 Å². The van der Waals surface area contributed by atoms with Gasteiger partial charge in [0.05, 0.1) is 11.2 Å². The summed E-state index contributed by atoms with van der Waals surface area (Å²) in [5.41, 5.74) is 9.40. The van der Waals surface area contributed by atoms with Crippen LogP contribution >= 0.6 is 11.3 Å². The normalized spacial score (nSPS) is 11.9. The van der Waals surface area contributed by atoms with Gasteiger partial charge in [0.1, 0.15) is 6.20 Å². The molecular formula is C21H20N5OS+. The van der Waals surface area contributed by atoms with Crippen molar-refractivity contribution in [3.63, 3.8) is 0 Å². The van der Waals surface area contributed by atoms with Crippen molar-refractivity contribution >= 4 is 33.8 Å². The number of nitrogens with two attached hydrogens (primary N) is 1. The van der Waals surface area contributed by atoms with E-state index in [2.05, 4.69) is 32.7 Å². The van der Waals surface area contributed by atoms with Gasteiger partial charge in [-0.1, -0.05) is 53.3 Å². The molecule has 1 atom stereocenters. The van der Waals surface area contributed by atoms with E-state index in [0.29, 0.717) is 4.80 Å². The van der Waals surface area contributed by atoms with Crippen LogP contribution in [0.5, 0.6) is 0 Å². The molecule has 0 radical (unpaired) electrons. The summed E-state index contributed by atoms with van der Waals surface area (Å²) in [6.45, 7) is 1.75. The maximum atomic E-state index is 11.6. The van der Waals surface area contributed by atoms with Crippen LogP contribution in [0.4, 0.5) is 5.69 Å². The van der Waals surface area contributed by atoms with Crippen LogP contribution in [-0.2, 0) is 11.8 Å². The van der Waals surface area contributed by atoms with Gasteiger partial charge in [-0.05, 0) is 24.3 Å². The van der Waals surface area contributed by atoms with Gasteiger partial charge in [0.2, 0.25) is 0 Å². The number of amides is 1. The molecule has 7 heteroatoms. The van der Waals surface area contributed by atoms with Crippen LogP contribution in [0.3, 0.4) is 0 Å². The van der Waals surface area contributed by atoms with Gasteiger partial charge in [0.25, 0.3) is 5.91 Å². The molecule has 6 nitrogen and oxygen atoms in total. The zero-order valence-corrected chi connectivity index (χ0v) is 16.4. The van der Waals surface area contributed by atoms with Crippen LogP contribution in [0.15, 0.2) is 71.3 Å². The molecule has 4 rings (SSSR count). The average Bonchev–Trinajstić information content (AvgIpc) is 3.29. The lowest BCUT2D eigenvalue weighted by atomic mass is 10.1. The predicted octanol–water partition coefficient (Wildman–Crippen LogP) is 3.65. The number of carbonyl (C=O) groups is 1. The van der Waals surface area contributed by atoms with Crippen LogP contribution in [0.1, 0.15) is 13.0 Å². The SMILES string of the molecule is CC(C(N)=O)n1ccsc1=[N+]=Nc1c(-c2ccccc2)n(C)c2ccccc12. The van der Waals surface area contributed by atoms with Gasteiger partial charge >= 0.3 is 4.80 Å². The molecule has 28 heavy (non-hydrogen) atoms. The minimum absolute atomic E-state index is 0.407. The van der Waals surface area contributed by atoms with Crippen LogP contribution in [-0.4, -0.2) is 19.8 Å². The average molecular weight is 390 g/mol. The number of carbonyl (C=O) groups excluding carboxylic acids is 1. The second-order valence-corrected chi connectivity index (χ2v) is 7.38. The highest BCUT2D eigenvalue weighted by atomic mass is 32.1. The Morgan fingerprint density at radius 1 is 1.14 bits per heavy atom. The van der Waals surface area contributed by atoms with Crippen molar-refractivity contribution < 1.29 is 9.58 Å². The molecule has 0 fully saturated rings. The lowest BCUT2D eigenvalue weighted by molar-refractivity contribution is -0.140. The first kappa shape index (κ1) is 18.0. The summed E-state index contributed by atoms with van der Waals surface area (Å²) in [5.74, 6) is -0.407. The maximum Gasteiger partial charge on any atom is 0.465 e. The van der Waals surface area contributed by atoms with Crippen LogP contribution in [0.2, 0.25) is 0 Å². The van der Waals surface area contributed by atoms with E-state index in [1.54, 1.807) is 17.7 Å². The first-order valence-corrected chi connectivity index (χ1v) is 9.78. The van der Waals surface area contributed by atoms with E-state index in [9.17, 15) is 4.79 Å². The van der Waals surface area contributed by atoms with Crippen molar-refractivity contribution in [3.8, 4) is 11.3 Å². The number of primary amides is 1. The smallest absolute Gasteiger partial charge is 0.366 e. The number of fused-ring (bicyclic) bond motifs is 1. The molecule has 0 saturated heterocycles. The first-order valence-electron chi connectivity index (χ1n) is 8.90. The quantitative estimate of drug-likeness (QED) is 0.419. The monoisotopic (exact) mass is 390 g/mol. The van der Waals surface area contributed by atoms with Gasteiger partial charge in [-0.15, -0.1) is 0 Å². The molecule has 0 saturated carbocycles. The molecule has 0 spiro atoms. The number of aromatic nitrogens is 2. The zero-order chi connectivity index (χ0) is 19.7. The maximum absolute atomic E-state index is 11.6. The minimum atomic E-state index is -0.485. The number of rotatable bonds is 4. The zero-order valence-electron chi connectivity index (χ0n) is 15.6. The van der Waals surface area contributed by atoms with Crippen LogP contribution in [0.25, 0.3) is 22.2 Å². The van der Waals surface area contributed by atoms with E-state index in [-0.39, 0.29) is 0 Å². The second kappa shape index (κ2) is 7.31. The number of benzene rings is 2. The summed E-state index contributed by atoms with van der Waals surface area (Å²) in [7, 11) is 2.03. The molecule has 1 unspecified atom stereocenters. The summed E-state index contributed by atoms with van der Waals surface area (Å²) in [6, 6.07) is 17.8. The Balaban J connectivity index is 1.99. The summed E-state index contributed by atoms with van der Waals surface area (Å²) in [6.07, 6.45) is 1.80. The van der Waals surface area contributed by atoms with Crippen LogP contribution < -0.4 is 10.5 Å². The molecule has 2 N–H and O–H groups in total. The Kier molecular flexibility index (Phi) is 4.69. The van der Waals surface area contributed by atoms with Crippen molar-refractivity contribution in [2.75, 3.05) is 0 Å². The first-order chi connectivity index (χ1) is 13.6. The summed E-state index contributed by atoms with van der Waals surface area (Å²) >= 11 is 1.42. The molecule has 4 aromatic rings. The summed E-state index contributed by atoms with van der Waals surface area (Å²) in [5, 5.41) is 7.51. The van der Waals surface area contributed by atoms with Crippen molar-refractivity contribution in [2.45, 2.75) is 13.0 Å². The molecule has 0 aliphatic carbocycles. The fraction of sp³-hybridized carbons (Fsp3) is 0.143. The van der Waals surface area contributed by atoms with E-state index in [1.165, 1.54) is 11.3 Å². The molecule has 0 aliphatic rings. The molecular weight excluding hydrogens is 370 g/mol.